The molecule has 0 atom stereocenters. The smallest absolute Gasteiger partial charge is 0.207 e. The van der Waals surface area contributed by atoms with E-state index in [1.54, 1.807) is 13.0 Å². The third kappa shape index (κ3) is 4.64. The molecule has 8 heteroatoms. The van der Waals surface area contributed by atoms with Gasteiger partial charge in [-0.05, 0) is 24.1 Å². The second-order valence-corrected chi connectivity index (χ2v) is 6.44. The summed E-state index contributed by atoms with van der Waals surface area (Å²) in [5.41, 5.74) is 0.538. The van der Waals surface area contributed by atoms with Crippen LogP contribution < -0.4 is 0 Å². The molecule has 1 aromatic rings. The Bertz CT molecular complexity index is 546. The van der Waals surface area contributed by atoms with Crippen LogP contribution in [0.15, 0.2) is 29.2 Å². The highest BCUT2D eigenvalue weighted by Crippen LogP contribution is 2.23. The lowest BCUT2D eigenvalue weighted by Crippen LogP contribution is -2.39. The van der Waals surface area contributed by atoms with Crippen molar-refractivity contribution in [1.29, 1.82) is 0 Å². The maximum absolute atomic E-state index is 12.5. The zero-order valence-corrected chi connectivity index (χ0v) is 12.4. The first-order valence-electron chi connectivity index (χ1n) is 5.92. The third-order valence-corrected chi connectivity index (χ3v) is 4.67. The molecule has 1 aromatic carbocycles. The molecule has 0 radical (unpaired) electrons. The van der Waals surface area contributed by atoms with E-state index in [4.69, 9.17) is 11.6 Å². The van der Waals surface area contributed by atoms with E-state index in [1.807, 2.05) is 0 Å². The minimum absolute atomic E-state index is 0.0937. The van der Waals surface area contributed by atoms with Gasteiger partial charge in [0.05, 0.1) is 4.90 Å². The molecule has 114 valence electrons. The van der Waals surface area contributed by atoms with Crippen LogP contribution in [-0.4, -0.2) is 32.0 Å². The largest absolute Gasteiger partial charge is 0.402 e. The minimum atomic E-state index is -4.58. The number of alkyl halides is 4. The SMILES string of the molecule is CCCN(CC(F)(F)F)S(=O)(=O)c1cccc(CCl)c1. The summed E-state index contributed by atoms with van der Waals surface area (Å²) in [7, 11) is -4.17. The summed E-state index contributed by atoms with van der Waals surface area (Å²) in [4.78, 5) is -0.173. The van der Waals surface area contributed by atoms with E-state index in [0.29, 0.717) is 16.3 Å². The van der Waals surface area contributed by atoms with Gasteiger partial charge in [-0.3, -0.25) is 0 Å². The monoisotopic (exact) mass is 329 g/mol. The molecule has 0 fully saturated rings. The van der Waals surface area contributed by atoms with Gasteiger partial charge in [-0.15, -0.1) is 11.6 Å². The number of sulfonamides is 1. The van der Waals surface area contributed by atoms with Crippen molar-refractivity contribution < 1.29 is 21.6 Å². The highest BCUT2D eigenvalue weighted by Gasteiger charge is 2.36. The molecule has 0 unspecified atom stereocenters. The van der Waals surface area contributed by atoms with Gasteiger partial charge in [0.2, 0.25) is 10.0 Å². The van der Waals surface area contributed by atoms with Crippen LogP contribution >= 0.6 is 11.6 Å². The molecule has 3 nitrogen and oxygen atoms in total. The van der Waals surface area contributed by atoms with Crippen LogP contribution in [0.2, 0.25) is 0 Å². The van der Waals surface area contributed by atoms with Crippen molar-refractivity contribution in [3.8, 4) is 0 Å². The summed E-state index contributed by atoms with van der Waals surface area (Å²) >= 11 is 5.61. The summed E-state index contributed by atoms with van der Waals surface area (Å²) in [6.45, 7) is -0.0602. The molecule has 1 rings (SSSR count). The van der Waals surface area contributed by atoms with Gasteiger partial charge in [0.25, 0.3) is 0 Å². The Morgan fingerprint density at radius 3 is 2.45 bits per heavy atom. The summed E-state index contributed by atoms with van der Waals surface area (Å²) in [6.07, 6.45) is -4.28. The van der Waals surface area contributed by atoms with Crippen LogP contribution in [-0.2, 0) is 15.9 Å². The number of hydrogen-bond acceptors (Lipinski definition) is 2. The predicted octanol–water partition coefficient (Wildman–Crippen LogP) is 3.39. The first-order valence-corrected chi connectivity index (χ1v) is 7.90. The lowest BCUT2D eigenvalue weighted by atomic mass is 10.2. The Morgan fingerprint density at radius 1 is 1.30 bits per heavy atom. The van der Waals surface area contributed by atoms with Gasteiger partial charge in [0.15, 0.2) is 0 Å². The van der Waals surface area contributed by atoms with Crippen LogP contribution in [0.25, 0.3) is 0 Å². The van der Waals surface area contributed by atoms with Crippen LogP contribution in [0.3, 0.4) is 0 Å². The summed E-state index contributed by atoms with van der Waals surface area (Å²) in [5, 5.41) is 0. The van der Waals surface area contributed by atoms with E-state index >= 15 is 0 Å². The number of benzene rings is 1. The standard InChI is InChI=1S/C12H15ClF3NO2S/c1-2-6-17(9-12(14,15)16)20(18,19)11-5-3-4-10(7-11)8-13/h3-5,7H,2,6,8-9H2,1H3. The number of nitrogens with zero attached hydrogens (tertiary/aromatic N) is 1. The quantitative estimate of drug-likeness (QED) is 0.750. The molecule has 0 saturated heterocycles. The van der Waals surface area contributed by atoms with Crippen LogP contribution in [0.1, 0.15) is 18.9 Å². The van der Waals surface area contributed by atoms with Gasteiger partial charge in [-0.1, -0.05) is 19.1 Å². The number of hydrogen-bond donors (Lipinski definition) is 0. The van der Waals surface area contributed by atoms with Crippen molar-refractivity contribution in [3.05, 3.63) is 29.8 Å². The maximum Gasteiger partial charge on any atom is 0.402 e. The van der Waals surface area contributed by atoms with E-state index in [9.17, 15) is 21.6 Å². The lowest BCUT2D eigenvalue weighted by Gasteiger charge is -2.23. The number of halogens is 4. The van der Waals surface area contributed by atoms with Crippen molar-refractivity contribution >= 4 is 21.6 Å². The molecular weight excluding hydrogens is 315 g/mol. The fourth-order valence-electron chi connectivity index (χ4n) is 1.67. The Morgan fingerprint density at radius 2 is 1.95 bits per heavy atom. The maximum atomic E-state index is 12.5. The van der Waals surface area contributed by atoms with Crippen molar-refractivity contribution in [1.82, 2.24) is 4.31 Å². The molecule has 0 aromatic heterocycles. The van der Waals surface area contributed by atoms with Crippen LogP contribution in [0.4, 0.5) is 13.2 Å². The van der Waals surface area contributed by atoms with Gasteiger partial charge < -0.3 is 0 Å². The van der Waals surface area contributed by atoms with E-state index in [1.165, 1.54) is 18.2 Å². The first-order chi connectivity index (χ1) is 9.20. The zero-order valence-electron chi connectivity index (χ0n) is 10.8. The summed E-state index contributed by atoms with van der Waals surface area (Å²) < 4.78 is 62.4. The molecule has 0 amide bonds. The molecular formula is C12H15ClF3NO2S. The average molecular weight is 330 g/mol. The molecule has 0 heterocycles. The van der Waals surface area contributed by atoms with Crippen LogP contribution in [0.5, 0.6) is 0 Å². The fourth-order valence-corrected chi connectivity index (χ4v) is 3.43. The lowest BCUT2D eigenvalue weighted by molar-refractivity contribution is -0.136. The molecule has 0 aliphatic rings. The Hall–Kier alpha value is -0.790. The Balaban J connectivity index is 3.15. The van der Waals surface area contributed by atoms with E-state index in [-0.39, 0.29) is 17.3 Å². The van der Waals surface area contributed by atoms with E-state index < -0.39 is 22.7 Å². The number of rotatable bonds is 6. The van der Waals surface area contributed by atoms with Crippen molar-refractivity contribution in [2.45, 2.75) is 30.3 Å². The minimum Gasteiger partial charge on any atom is -0.207 e. The predicted molar refractivity (Wildman–Crippen MR) is 71.1 cm³/mol. The highest BCUT2D eigenvalue weighted by atomic mass is 35.5. The average Bonchev–Trinajstić information content (AvgIpc) is 2.37. The van der Waals surface area contributed by atoms with E-state index in [0.717, 1.165) is 0 Å². The first kappa shape index (κ1) is 17.3. The van der Waals surface area contributed by atoms with Crippen LogP contribution in [0, 0.1) is 0 Å². The molecule has 20 heavy (non-hydrogen) atoms. The molecule has 0 aliphatic heterocycles. The van der Waals surface area contributed by atoms with Crippen molar-refractivity contribution in [2.75, 3.05) is 13.1 Å². The molecule has 0 saturated carbocycles. The normalized spacial score (nSPS) is 12.9. The second-order valence-electron chi connectivity index (χ2n) is 4.23. The van der Waals surface area contributed by atoms with Crippen molar-refractivity contribution in [3.63, 3.8) is 0 Å². The third-order valence-electron chi connectivity index (χ3n) is 2.52. The van der Waals surface area contributed by atoms with Gasteiger partial charge in [0.1, 0.15) is 6.54 Å². The summed E-state index contributed by atoms with van der Waals surface area (Å²) in [6, 6.07) is 5.63. The van der Waals surface area contributed by atoms with Gasteiger partial charge in [0, 0.05) is 12.4 Å². The van der Waals surface area contributed by atoms with Crippen molar-refractivity contribution in [2.24, 2.45) is 0 Å². The molecule has 0 spiro atoms. The Kier molecular flexibility index (Phi) is 5.85. The molecule has 0 bridgehead atoms. The van der Waals surface area contributed by atoms with Gasteiger partial charge in [-0.2, -0.15) is 17.5 Å². The fraction of sp³-hybridized carbons (Fsp3) is 0.500. The highest BCUT2D eigenvalue weighted by molar-refractivity contribution is 7.89. The van der Waals surface area contributed by atoms with Gasteiger partial charge >= 0.3 is 6.18 Å². The summed E-state index contributed by atoms with van der Waals surface area (Å²) in [5.74, 6) is 0.0937. The van der Waals surface area contributed by atoms with Gasteiger partial charge in [-0.25, -0.2) is 8.42 Å². The second kappa shape index (κ2) is 6.78. The molecule has 0 aliphatic carbocycles. The Labute approximate surface area is 121 Å². The topological polar surface area (TPSA) is 37.4 Å². The molecule has 0 N–H and O–H groups in total. The van der Waals surface area contributed by atoms with E-state index in [2.05, 4.69) is 0 Å². The zero-order chi connectivity index (χ0) is 15.4.